The van der Waals surface area contributed by atoms with Crippen molar-refractivity contribution in [3.63, 3.8) is 0 Å². The van der Waals surface area contributed by atoms with Crippen LogP contribution in [-0.4, -0.2) is 11.9 Å². The van der Waals surface area contributed by atoms with Gasteiger partial charge in [-0.25, -0.2) is 0 Å². The van der Waals surface area contributed by atoms with Crippen LogP contribution in [0, 0.1) is 0 Å². The fraction of sp³-hybridized carbons (Fsp3) is 0.308. The van der Waals surface area contributed by atoms with Crippen molar-refractivity contribution in [1.29, 1.82) is 0 Å². The SMILES string of the molecule is O=C(NC1CC1)C(Cl)c1csc2ccccc12. The normalized spacial score (nSPS) is 17.0. The van der Waals surface area contributed by atoms with Crippen molar-refractivity contribution in [2.75, 3.05) is 0 Å². The van der Waals surface area contributed by atoms with E-state index < -0.39 is 5.38 Å². The molecule has 1 N–H and O–H groups in total. The number of halogens is 1. The lowest BCUT2D eigenvalue weighted by atomic mass is 10.1. The van der Waals surface area contributed by atoms with Crippen molar-refractivity contribution in [2.24, 2.45) is 0 Å². The van der Waals surface area contributed by atoms with Gasteiger partial charge in [-0.2, -0.15) is 0 Å². The van der Waals surface area contributed by atoms with Crippen LogP contribution in [-0.2, 0) is 4.79 Å². The van der Waals surface area contributed by atoms with E-state index in [1.807, 2.05) is 29.6 Å². The Morgan fingerprint density at radius 2 is 2.18 bits per heavy atom. The van der Waals surface area contributed by atoms with Crippen LogP contribution in [0.4, 0.5) is 0 Å². The zero-order valence-corrected chi connectivity index (χ0v) is 10.7. The molecule has 1 aromatic heterocycles. The number of thiophene rings is 1. The van der Waals surface area contributed by atoms with Gasteiger partial charge in [0.1, 0.15) is 5.38 Å². The number of rotatable bonds is 3. The number of hydrogen-bond donors (Lipinski definition) is 1. The van der Waals surface area contributed by atoms with E-state index in [1.165, 1.54) is 4.70 Å². The summed E-state index contributed by atoms with van der Waals surface area (Å²) < 4.78 is 1.17. The molecule has 88 valence electrons. The predicted molar refractivity (Wildman–Crippen MR) is 71.6 cm³/mol. The summed E-state index contributed by atoms with van der Waals surface area (Å²) in [5.41, 5.74) is 0.922. The summed E-state index contributed by atoms with van der Waals surface area (Å²) in [7, 11) is 0. The Hall–Kier alpha value is -1.06. The third-order valence-electron chi connectivity index (χ3n) is 2.94. The van der Waals surface area contributed by atoms with Crippen LogP contribution in [0.1, 0.15) is 23.8 Å². The van der Waals surface area contributed by atoms with Crippen molar-refractivity contribution in [3.05, 3.63) is 35.2 Å². The molecule has 1 heterocycles. The van der Waals surface area contributed by atoms with Crippen molar-refractivity contribution in [3.8, 4) is 0 Å². The van der Waals surface area contributed by atoms with Gasteiger partial charge < -0.3 is 5.32 Å². The second-order valence-corrected chi connectivity index (χ2v) is 5.68. The average Bonchev–Trinajstić information content (AvgIpc) is 3.05. The van der Waals surface area contributed by atoms with Crippen molar-refractivity contribution >= 4 is 38.9 Å². The van der Waals surface area contributed by atoms with E-state index in [2.05, 4.69) is 5.32 Å². The molecule has 1 amide bonds. The molecule has 1 aliphatic carbocycles. The Labute approximate surface area is 109 Å². The van der Waals surface area contributed by atoms with Gasteiger partial charge in [-0.1, -0.05) is 18.2 Å². The summed E-state index contributed by atoms with van der Waals surface area (Å²) in [6.07, 6.45) is 2.17. The van der Waals surface area contributed by atoms with E-state index in [4.69, 9.17) is 11.6 Å². The number of carbonyl (C=O) groups is 1. The molecule has 2 nitrogen and oxygen atoms in total. The number of amides is 1. The first-order valence-corrected chi connectivity index (χ1v) is 6.98. The highest BCUT2D eigenvalue weighted by Crippen LogP contribution is 2.34. The first-order chi connectivity index (χ1) is 8.25. The molecule has 1 unspecified atom stereocenters. The van der Waals surface area contributed by atoms with Crippen LogP contribution in [0.5, 0.6) is 0 Å². The lowest BCUT2D eigenvalue weighted by molar-refractivity contribution is -0.120. The number of nitrogens with one attached hydrogen (secondary N) is 1. The summed E-state index contributed by atoms with van der Waals surface area (Å²) in [6.45, 7) is 0. The topological polar surface area (TPSA) is 29.1 Å². The standard InChI is InChI=1S/C13H12ClNOS/c14-12(13(16)15-8-5-6-8)10-7-17-11-4-2-1-3-9(10)11/h1-4,7-8,12H,5-6H2,(H,15,16). The van der Waals surface area contributed by atoms with Gasteiger partial charge in [0, 0.05) is 10.7 Å². The third kappa shape index (κ3) is 2.17. The van der Waals surface area contributed by atoms with Crippen LogP contribution in [0.3, 0.4) is 0 Å². The highest BCUT2D eigenvalue weighted by Gasteiger charge is 2.28. The molecule has 17 heavy (non-hydrogen) atoms. The highest BCUT2D eigenvalue weighted by molar-refractivity contribution is 7.17. The van der Waals surface area contributed by atoms with Gasteiger partial charge in [0.05, 0.1) is 0 Å². The van der Waals surface area contributed by atoms with Crippen molar-refractivity contribution in [1.82, 2.24) is 5.32 Å². The zero-order valence-electron chi connectivity index (χ0n) is 9.15. The summed E-state index contributed by atoms with van der Waals surface area (Å²) in [5, 5.41) is 5.43. The molecule has 1 saturated carbocycles. The van der Waals surface area contributed by atoms with E-state index in [9.17, 15) is 4.79 Å². The molecule has 3 rings (SSSR count). The zero-order chi connectivity index (χ0) is 11.8. The highest BCUT2D eigenvalue weighted by atomic mass is 35.5. The van der Waals surface area contributed by atoms with Crippen molar-refractivity contribution in [2.45, 2.75) is 24.3 Å². The second-order valence-electron chi connectivity index (χ2n) is 4.33. The van der Waals surface area contributed by atoms with Gasteiger partial charge in [0.25, 0.3) is 0 Å². The predicted octanol–water partition coefficient (Wildman–Crippen LogP) is 3.46. The lowest BCUT2D eigenvalue weighted by Crippen LogP contribution is -2.28. The minimum atomic E-state index is -0.577. The van der Waals surface area contributed by atoms with Crippen LogP contribution in [0.2, 0.25) is 0 Å². The number of hydrogen-bond acceptors (Lipinski definition) is 2. The fourth-order valence-corrected chi connectivity index (χ4v) is 3.14. The molecular weight excluding hydrogens is 254 g/mol. The molecule has 0 saturated heterocycles. The fourth-order valence-electron chi connectivity index (χ4n) is 1.84. The maximum Gasteiger partial charge on any atom is 0.242 e. The molecule has 4 heteroatoms. The number of fused-ring (bicyclic) bond motifs is 1. The molecule has 0 radical (unpaired) electrons. The van der Waals surface area contributed by atoms with Gasteiger partial charge in [0.2, 0.25) is 5.91 Å². The van der Waals surface area contributed by atoms with Gasteiger partial charge in [-0.05, 0) is 35.2 Å². The minimum absolute atomic E-state index is 0.0716. The largest absolute Gasteiger partial charge is 0.352 e. The maximum absolute atomic E-state index is 11.9. The Morgan fingerprint density at radius 1 is 1.41 bits per heavy atom. The molecule has 1 aromatic carbocycles. The monoisotopic (exact) mass is 265 g/mol. The van der Waals surface area contributed by atoms with E-state index in [0.717, 1.165) is 23.8 Å². The first kappa shape index (κ1) is 11.1. The van der Waals surface area contributed by atoms with Crippen molar-refractivity contribution < 1.29 is 4.79 Å². The van der Waals surface area contributed by atoms with Gasteiger partial charge in [-0.3, -0.25) is 4.79 Å². The Bertz CT molecular complexity index is 561. The minimum Gasteiger partial charge on any atom is -0.352 e. The first-order valence-electron chi connectivity index (χ1n) is 5.66. The molecule has 2 aromatic rings. The molecule has 1 fully saturated rings. The number of benzene rings is 1. The second kappa shape index (κ2) is 4.31. The summed E-state index contributed by atoms with van der Waals surface area (Å²) in [6, 6.07) is 8.39. The Morgan fingerprint density at radius 3 is 2.94 bits per heavy atom. The number of carbonyl (C=O) groups excluding carboxylic acids is 1. The molecule has 1 aliphatic rings. The summed E-state index contributed by atoms with van der Waals surface area (Å²) in [5.74, 6) is -0.0716. The molecule has 0 bridgehead atoms. The van der Waals surface area contributed by atoms with E-state index >= 15 is 0 Å². The van der Waals surface area contributed by atoms with E-state index in [-0.39, 0.29) is 5.91 Å². The van der Waals surface area contributed by atoms with Gasteiger partial charge in [-0.15, -0.1) is 22.9 Å². The molecule has 0 aliphatic heterocycles. The molecular formula is C13H12ClNOS. The van der Waals surface area contributed by atoms with Gasteiger partial charge >= 0.3 is 0 Å². The quantitative estimate of drug-likeness (QED) is 0.846. The summed E-state index contributed by atoms with van der Waals surface area (Å²) in [4.78, 5) is 11.9. The average molecular weight is 266 g/mol. The smallest absolute Gasteiger partial charge is 0.242 e. The van der Waals surface area contributed by atoms with Crippen LogP contribution >= 0.6 is 22.9 Å². The molecule has 0 spiro atoms. The van der Waals surface area contributed by atoms with E-state index in [0.29, 0.717) is 6.04 Å². The lowest BCUT2D eigenvalue weighted by Gasteiger charge is -2.09. The van der Waals surface area contributed by atoms with Crippen LogP contribution < -0.4 is 5.32 Å². The summed E-state index contributed by atoms with van der Waals surface area (Å²) >= 11 is 7.87. The third-order valence-corrected chi connectivity index (χ3v) is 4.35. The molecule has 1 atom stereocenters. The number of alkyl halides is 1. The Balaban J connectivity index is 1.89. The van der Waals surface area contributed by atoms with Gasteiger partial charge in [0.15, 0.2) is 0 Å². The van der Waals surface area contributed by atoms with Crippen LogP contribution in [0.25, 0.3) is 10.1 Å². The maximum atomic E-state index is 11.9. The van der Waals surface area contributed by atoms with Crippen LogP contribution in [0.15, 0.2) is 29.6 Å². The Kier molecular flexibility index (Phi) is 2.81. The van der Waals surface area contributed by atoms with E-state index in [1.54, 1.807) is 11.3 Å².